The molecule has 0 aromatic heterocycles. The van der Waals surface area contributed by atoms with Crippen LogP contribution in [0.2, 0.25) is 0 Å². The van der Waals surface area contributed by atoms with Crippen molar-refractivity contribution in [2.75, 3.05) is 0 Å². The van der Waals surface area contributed by atoms with Gasteiger partial charge < -0.3 is 4.74 Å². The number of ketones is 3. The van der Waals surface area contributed by atoms with E-state index in [0.717, 1.165) is 0 Å². The average Bonchev–Trinajstić information content (AvgIpc) is 2.53. The Hall–Kier alpha value is -2.82. The van der Waals surface area contributed by atoms with E-state index in [0.29, 0.717) is 16.7 Å². The summed E-state index contributed by atoms with van der Waals surface area (Å²) in [5.74, 6) is -1.73. The quantitative estimate of drug-likeness (QED) is 0.612. The SMILES string of the molecule is CC(=O)OCc1ccc(C)c2c1C(=O)C1=C(C2=O)C(C)(C)C=CC1=O. The number of hydrogen-bond donors (Lipinski definition) is 0. The Labute approximate surface area is 145 Å². The van der Waals surface area contributed by atoms with Crippen molar-refractivity contribution in [3.63, 3.8) is 0 Å². The second-order valence-electron chi connectivity index (χ2n) is 6.90. The zero-order valence-electron chi connectivity index (χ0n) is 14.6. The Bertz CT molecular complexity index is 912. The van der Waals surface area contributed by atoms with Gasteiger partial charge in [-0.2, -0.15) is 0 Å². The molecular weight excluding hydrogens is 320 g/mol. The predicted molar refractivity (Wildman–Crippen MR) is 90.3 cm³/mol. The molecule has 0 aliphatic heterocycles. The smallest absolute Gasteiger partial charge is 0.302 e. The number of fused-ring (bicyclic) bond motifs is 1. The third-order valence-electron chi connectivity index (χ3n) is 4.63. The van der Waals surface area contributed by atoms with Crippen molar-refractivity contribution in [3.05, 3.63) is 57.7 Å². The van der Waals surface area contributed by atoms with Gasteiger partial charge in [0.15, 0.2) is 17.3 Å². The van der Waals surface area contributed by atoms with Crippen molar-refractivity contribution in [1.29, 1.82) is 0 Å². The lowest BCUT2D eigenvalue weighted by atomic mass is 9.67. The van der Waals surface area contributed by atoms with Crippen LogP contribution in [0.1, 0.15) is 52.6 Å². The number of hydrogen-bond acceptors (Lipinski definition) is 5. The molecule has 0 spiro atoms. The van der Waals surface area contributed by atoms with Gasteiger partial charge in [0.1, 0.15) is 6.61 Å². The standard InChI is InChI=1S/C20H18O5/c1-10-5-6-12(9-25-11(2)21)15-14(10)19(24)17-16(18(15)23)13(22)7-8-20(17,3)4/h5-8H,9H2,1-4H3. The molecular formula is C20H18O5. The first-order chi connectivity index (χ1) is 11.6. The molecule has 2 aliphatic rings. The number of benzene rings is 1. The summed E-state index contributed by atoms with van der Waals surface area (Å²) >= 11 is 0. The molecule has 0 fully saturated rings. The summed E-state index contributed by atoms with van der Waals surface area (Å²) in [6.07, 6.45) is 3.00. The number of carbonyl (C=O) groups excluding carboxylic acids is 4. The van der Waals surface area contributed by atoms with E-state index in [1.807, 2.05) is 0 Å². The second-order valence-corrected chi connectivity index (χ2v) is 6.90. The van der Waals surface area contributed by atoms with Crippen LogP contribution in [0.3, 0.4) is 0 Å². The maximum absolute atomic E-state index is 13.2. The van der Waals surface area contributed by atoms with Crippen LogP contribution in [0.25, 0.3) is 0 Å². The van der Waals surface area contributed by atoms with Crippen LogP contribution in [-0.4, -0.2) is 23.3 Å². The van der Waals surface area contributed by atoms with E-state index in [1.54, 1.807) is 39.0 Å². The lowest BCUT2D eigenvalue weighted by molar-refractivity contribution is -0.142. The van der Waals surface area contributed by atoms with Gasteiger partial charge in [-0.1, -0.05) is 32.1 Å². The van der Waals surface area contributed by atoms with E-state index in [4.69, 9.17) is 4.74 Å². The molecule has 128 valence electrons. The molecule has 0 radical (unpaired) electrons. The molecule has 25 heavy (non-hydrogen) atoms. The highest BCUT2D eigenvalue weighted by Crippen LogP contribution is 2.42. The van der Waals surface area contributed by atoms with Gasteiger partial charge in [0, 0.05) is 34.6 Å². The van der Waals surface area contributed by atoms with E-state index < -0.39 is 23.0 Å². The van der Waals surface area contributed by atoms with E-state index in [1.165, 1.54) is 13.0 Å². The van der Waals surface area contributed by atoms with Crippen LogP contribution in [-0.2, 0) is 20.9 Å². The van der Waals surface area contributed by atoms with E-state index >= 15 is 0 Å². The molecule has 0 bridgehead atoms. The van der Waals surface area contributed by atoms with Crippen molar-refractivity contribution >= 4 is 23.3 Å². The summed E-state index contributed by atoms with van der Waals surface area (Å²) in [4.78, 5) is 49.7. The summed E-state index contributed by atoms with van der Waals surface area (Å²) in [6, 6.07) is 3.38. The normalized spacial score (nSPS) is 18.2. The molecule has 1 aromatic rings. The zero-order valence-corrected chi connectivity index (χ0v) is 14.6. The van der Waals surface area contributed by atoms with Crippen molar-refractivity contribution in [2.24, 2.45) is 5.41 Å². The zero-order chi connectivity index (χ0) is 18.5. The molecule has 0 saturated carbocycles. The number of Topliss-reactive ketones (excluding diaryl/α,β-unsaturated/α-hetero) is 2. The lowest BCUT2D eigenvalue weighted by Gasteiger charge is -2.33. The van der Waals surface area contributed by atoms with Crippen LogP contribution in [0.4, 0.5) is 0 Å². The summed E-state index contributed by atoms with van der Waals surface area (Å²) in [7, 11) is 0. The number of aryl methyl sites for hydroxylation is 1. The molecule has 0 N–H and O–H groups in total. The molecule has 0 unspecified atom stereocenters. The number of carbonyl (C=O) groups is 4. The summed E-state index contributed by atoms with van der Waals surface area (Å²) in [6.45, 7) is 6.51. The highest BCUT2D eigenvalue weighted by molar-refractivity contribution is 6.40. The summed E-state index contributed by atoms with van der Waals surface area (Å²) in [5, 5.41) is 0. The van der Waals surface area contributed by atoms with Gasteiger partial charge in [-0.15, -0.1) is 0 Å². The largest absolute Gasteiger partial charge is 0.461 e. The van der Waals surface area contributed by atoms with Crippen LogP contribution in [0.5, 0.6) is 0 Å². The van der Waals surface area contributed by atoms with E-state index in [-0.39, 0.29) is 29.1 Å². The first-order valence-electron chi connectivity index (χ1n) is 7.98. The topological polar surface area (TPSA) is 77.5 Å². The number of allylic oxidation sites excluding steroid dienone is 4. The highest BCUT2D eigenvalue weighted by atomic mass is 16.5. The predicted octanol–water partition coefficient (Wildman–Crippen LogP) is 2.90. The second kappa shape index (κ2) is 5.62. The number of esters is 1. The summed E-state index contributed by atoms with van der Waals surface area (Å²) < 4.78 is 5.00. The average molecular weight is 338 g/mol. The first-order valence-corrected chi connectivity index (χ1v) is 7.98. The molecule has 5 heteroatoms. The minimum atomic E-state index is -0.702. The van der Waals surface area contributed by atoms with Crippen LogP contribution in [0.15, 0.2) is 35.4 Å². The maximum atomic E-state index is 13.2. The monoisotopic (exact) mass is 338 g/mol. The maximum Gasteiger partial charge on any atom is 0.302 e. The Morgan fingerprint density at radius 2 is 1.76 bits per heavy atom. The molecule has 1 aromatic carbocycles. The van der Waals surface area contributed by atoms with E-state index in [9.17, 15) is 19.2 Å². The third-order valence-corrected chi connectivity index (χ3v) is 4.63. The molecule has 0 heterocycles. The fraction of sp³-hybridized carbons (Fsp3) is 0.300. The van der Waals surface area contributed by atoms with Crippen molar-refractivity contribution in [3.8, 4) is 0 Å². The Morgan fingerprint density at radius 3 is 2.40 bits per heavy atom. The number of rotatable bonds is 2. The molecule has 0 atom stereocenters. The minimum Gasteiger partial charge on any atom is -0.461 e. The highest BCUT2D eigenvalue weighted by Gasteiger charge is 2.44. The van der Waals surface area contributed by atoms with Crippen molar-refractivity contribution in [1.82, 2.24) is 0 Å². The Morgan fingerprint density at radius 1 is 1.08 bits per heavy atom. The van der Waals surface area contributed by atoms with Gasteiger partial charge >= 0.3 is 5.97 Å². The molecule has 2 aliphatic carbocycles. The van der Waals surface area contributed by atoms with E-state index in [2.05, 4.69) is 0 Å². The van der Waals surface area contributed by atoms with Gasteiger partial charge in [-0.05, 0) is 18.6 Å². The van der Waals surface area contributed by atoms with Crippen molar-refractivity contribution in [2.45, 2.75) is 34.3 Å². The molecule has 5 nitrogen and oxygen atoms in total. The fourth-order valence-electron chi connectivity index (χ4n) is 3.38. The van der Waals surface area contributed by atoms with Gasteiger partial charge in [-0.3, -0.25) is 19.2 Å². The van der Waals surface area contributed by atoms with Gasteiger partial charge in [0.25, 0.3) is 0 Å². The van der Waals surface area contributed by atoms with Crippen LogP contribution in [0, 0.1) is 12.3 Å². The lowest BCUT2D eigenvalue weighted by Crippen LogP contribution is -2.36. The Balaban J connectivity index is 2.25. The van der Waals surface area contributed by atoms with Crippen molar-refractivity contribution < 1.29 is 23.9 Å². The molecule has 3 rings (SSSR count). The molecule has 0 saturated heterocycles. The van der Waals surface area contributed by atoms with Crippen LogP contribution >= 0.6 is 0 Å². The van der Waals surface area contributed by atoms with Gasteiger partial charge in [-0.25, -0.2) is 0 Å². The first kappa shape index (κ1) is 17.0. The number of ether oxygens (including phenoxy) is 1. The van der Waals surface area contributed by atoms with Gasteiger partial charge in [0.05, 0.1) is 5.57 Å². The Kier molecular flexibility index (Phi) is 3.82. The third kappa shape index (κ3) is 2.56. The fourth-order valence-corrected chi connectivity index (χ4v) is 3.38. The molecule has 0 amide bonds. The summed E-state index contributed by atoms with van der Waals surface area (Å²) in [5.41, 5.74) is 1.02. The van der Waals surface area contributed by atoms with Crippen LogP contribution < -0.4 is 0 Å². The van der Waals surface area contributed by atoms with Gasteiger partial charge in [0.2, 0.25) is 0 Å². The minimum absolute atomic E-state index is 0.0697.